The van der Waals surface area contributed by atoms with Gasteiger partial charge in [0.25, 0.3) is 0 Å². The van der Waals surface area contributed by atoms with E-state index in [1.54, 1.807) is 22.4 Å². The van der Waals surface area contributed by atoms with Crippen LogP contribution < -0.4 is 4.90 Å². The second-order valence-corrected chi connectivity index (χ2v) is 8.58. The number of piperazine rings is 1. The number of nitrogens with one attached hydrogen (secondary N) is 1. The summed E-state index contributed by atoms with van der Waals surface area (Å²) < 4.78 is 10.5. The van der Waals surface area contributed by atoms with Crippen molar-refractivity contribution in [2.75, 3.05) is 44.3 Å². The molecule has 1 amide bonds. The Morgan fingerprint density at radius 1 is 1.34 bits per heavy atom. The van der Waals surface area contributed by atoms with Crippen LogP contribution in [-0.2, 0) is 9.47 Å². The highest BCUT2D eigenvalue weighted by Crippen LogP contribution is 2.39. The van der Waals surface area contributed by atoms with Crippen molar-refractivity contribution >= 4 is 45.8 Å². The van der Waals surface area contributed by atoms with Gasteiger partial charge >= 0.3 is 6.09 Å². The molecule has 152 valence electrons. The number of pyridine rings is 1. The molecule has 5 heterocycles. The van der Waals surface area contributed by atoms with Crippen molar-refractivity contribution in [3.8, 4) is 11.4 Å². The molecule has 3 aromatic heterocycles. The molecule has 0 aliphatic carbocycles. The van der Waals surface area contributed by atoms with Crippen molar-refractivity contribution in [1.29, 1.82) is 0 Å². The Morgan fingerprint density at radius 3 is 2.79 bits per heavy atom. The van der Waals surface area contributed by atoms with E-state index in [4.69, 9.17) is 21.1 Å². The van der Waals surface area contributed by atoms with Gasteiger partial charge in [-0.15, -0.1) is 11.3 Å². The quantitative estimate of drug-likeness (QED) is 0.682. The van der Waals surface area contributed by atoms with E-state index in [-0.39, 0.29) is 12.2 Å². The molecule has 8 nitrogen and oxygen atoms in total. The number of H-pyrrole nitrogens is 1. The molecule has 2 aliphatic heterocycles. The molecule has 5 rings (SSSR count). The van der Waals surface area contributed by atoms with E-state index in [1.807, 2.05) is 18.4 Å². The van der Waals surface area contributed by atoms with E-state index in [1.165, 1.54) is 0 Å². The SMILES string of the molecule is Cc1nc(-c2[nH]c3nccc(N4CCN(C(=O)OC5COC5)CC4)c3c2Cl)cs1. The minimum atomic E-state index is -0.265. The number of anilines is 1. The Bertz CT molecular complexity index is 1060. The number of aromatic nitrogens is 3. The number of aromatic amines is 1. The number of hydrogen-bond acceptors (Lipinski definition) is 7. The van der Waals surface area contributed by atoms with E-state index in [9.17, 15) is 4.79 Å². The third-order valence-corrected chi connectivity index (χ3v) is 6.39. The average molecular weight is 434 g/mol. The number of ether oxygens (including phenoxy) is 2. The number of amides is 1. The van der Waals surface area contributed by atoms with Crippen LogP contribution >= 0.6 is 22.9 Å². The predicted octanol–water partition coefficient (Wildman–Crippen LogP) is 3.31. The minimum Gasteiger partial charge on any atom is -0.441 e. The summed E-state index contributed by atoms with van der Waals surface area (Å²) in [5.74, 6) is 0. The highest BCUT2D eigenvalue weighted by Gasteiger charge is 2.29. The number of aryl methyl sites for hydroxylation is 1. The fourth-order valence-electron chi connectivity index (χ4n) is 3.61. The molecular weight excluding hydrogens is 414 g/mol. The molecule has 2 fully saturated rings. The van der Waals surface area contributed by atoms with Gasteiger partial charge in [-0.25, -0.2) is 14.8 Å². The predicted molar refractivity (Wildman–Crippen MR) is 112 cm³/mol. The lowest BCUT2D eigenvalue weighted by Crippen LogP contribution is -2.51. The molecule has 2 aliphatic rings. The molecule has 2 saturated heterocycles. The zero-order valence-corrected chi connectivity index (χ0v) is 17.4. The fraction of sp³-hybridized carbons (Fsp3) is 0.421. The minimum absolute atomic E-state index is 0.105. The fourth-order valence-corrected chi connectivity index (χ4v) is 4.54. The molecule has 1 N–H and O–H groups in total. The van der Waals surface area contributed by atoms with Gasteiger partial charge in [0, 0.05) is 37.8 Å². The third kappa shape index (κ3) is 3.43. The van der Waals surface area contributed by atoms with Crippen LogP contribution in [0.3, 0.4) is 0 Å². The third-order valence-electron chi connectivity index (χ3n) is 5.24. The van der Waals surface area contributed by atoms with Crippen molar-refractivity contribution < 1.29 is 14.3 Å². The number of rotatable bonds is 3. The molecule has 29 heavy (non-hydrogen) atoms. The van der Waals surface area contributed by atoms with Gasteiger partial charge in [-0.2, -0.15) is 0 Å². The van der Waals surface area contributed by atoms with Crippen LogP contribution in [0, 0.1) is 6.92 Å². The first-order chi connectivity index (χ1) is 14.1. The Hall–Kier alpha value is -2.36. The van der Waals surface area contributed by atoms with Gasteiger partial charge < -0.3 is 24.3 Å². The molecule has 3 aromatic rings. The number of carbonyl (C=O) groups is 1. The van der Waals surface area contributed by atoms with Gasteiger partial charge in [0.2, 0.25) is 0 Å². The molecule has 0 spiro atoms. The van der Waals surface area contributed by atoms with Crippen LogP contribution in [0.15, 0.2) is 17.6 Å². The van der Waals surface area contributed by atoms with Gasteiger partial charge in [-0.3, -0.25) is 0 Å². The molecule has 0 unspecified atom stereocenters. The van der Waals surface area contributed by atoms with Gasteiger partial charge in [-0.05, 0) is 13.0 Å². The second-order valence-electron chi connectivity index (χ2n) is 7.14. The van der Waals surface area contributed by atoms with Crippen LogP contribution in [0.5, 0.6) is 0 Å². The zero-order valence-electron chi connectivity index (χ0n) is 15.9. The van der Waals surface area contributed by atoms with Gasteiger partial charge in [0.05, 0.1) is 45.7 Å². The Morgan fingerprint density at radius 2 is 2.14 bits per heavy atom. The number of halogens is 1. The summed E-state index contributed by atoms with van der Waals surface area (Å²) in [6.45, 7) is 5.54. The Balaban J connectivity index is 1.37. The molecule has 0 bridgehead atoms. The molecule has 0 saturated carbocycles. The average Bonchev–Trinajstić information content (AvgIpc) is 3.28. The Labute approximate surface area is 176 Å². The van der Waals surface area contributed by atoms with Crippen LogP contribution in [-0.4, -0.2) is 71.4 Å². The van der Waals surface area contributed by atoms with Crippen molar-refractivity contribution in [2.24, 2.45) is 0 Å². The largest absolute Gasteiger partial charge is 0.441 e. The summed E-state index contributed by atoms with van der Waals surface area (Å²) in [4.78, 5) is 28.5. The van der Waals surface area contributed by atoms with Gasteiger partial charge in [0.15, 0.2) is 6.10 Å². The first-order valence-corrected chi connectivity index (χ1v) is 10.7. The maximum absolute atomic E-state index is 12.3. The number of carbonyl (C=O) groups excluding carboxylic acids is 1. The van der Waals surface area contributed by atoms with E-state index in [0.717, 1.165) is 33.1 Å². The number of thiazole rings is 1. The summed E-state index contributed by atoms with van der Waals surface area (Å²) in [7, 11) is 0. The number of fused-ring (bicyclic) bond motifs is 1. The lowest BCUT2D eigenvalue weighted by atomic mass is 10.2. The van der Waals surface area contributed by atoms with Crippen molar-refractivity contribution in [2.45, 2.75) is 13.0 Å². The van der Waals surface area contributed by atoms with Crippen LogP contribution in [0.25, 0.3) is 22.4 Å². The summed E-state index contributed by atoms with van der Waals surface area (Å²) in [5.41, 5.74) is 3.36. The van der Waals surface area contributed by atoms with E-state index < -0.39 is 0 Å². The number of hydrogen-bond donors (Lipinski definition) is 1. The summed E-state index contributed by atoms with van der Waals surface area (Å²) in [6, 6.07) is 1.97. The van der Waals surface area contributed by atoms with Crippen molar-refractivity contribution in [1.82, 2.24) is 19.9 Å². The summed E-state index contributed by atoms with van der Waals surface area (Å²) in [5, 5.41) is 4.49. The molecule has 0 radical (unpaired) electrons. The lowest BCUT2D eigenvalue weighted by Gasteiger charge is -2.37. The normalized spacial score (nSPS) is 17.6. The van der Waals surface area contributed by atoms with E-state index in [0.29, 0.717) is 44.4 Å². The van der Waals surface area contributed by atoms with Gasteiger partial charge in [0.1, 0.15) is 5.65 Å². The van der Waals surface area contributed by atoms with E-state index >= 15 is 0 Å². The Kier molecular flexibility index (Phi) is 4.81. The van der Waals surface area contributed by atoms with Crippen LogP contribution in [0.4, 0.5) is 10.5 Å². The smallest absolute Gasteiger partial charge is 0.410 e. The highest BCUT2D eigenvalue weighted by atomic mass is 35.5. The molecule has 0 atom stereocenters. The second kappa shape index (κ2) is 7.47. The maximum Gasteiger partial charge on any atom is 0.410 e. The van der Waals surface area contributed by atoms with Crippen molar-refractivity contribution in [3.05, 3.63) is 27.7 Å². The lowest BCUT2D eigenvalue weighted by molar-refractivity contribution is -0.104. The van der Waals surface area contributed by atoms with Crippen LogP contribution in [0.2, 0.25) is 5.02 Å². The monoisotopic (exact) mass is 433 g/mol. The number of nitrogens with zero attached hydrogens (tertiary/aromatic N) is 4. The zero-order chi connectivity index (χ0) is 20.0. The molecular formula is C19H20ClN5O3S. The molecule has 10 heteroatoms. The van der Waals surface area contributed by atoms with Crippen molar-refractivity contribution in [3.63, 3.8) is 0 Å². The first kappa shape index (κ1) is 18.7. The topological polar surface area (TPSA) is 83.6 Å². The first-order valence-electron chi connectivity index (χ1n) is 9.47. The summed E-state index contributed by atoms with van der Waals surface area (Å²) in [6.07, 6.45) is 1.41. The standard InChI is InChI=1S/C19H20ClN5O3S/c1-11-22-13(10-29-11)17-16(20)15-14(2-3-21-18(15)23-17)24-4-6-25(7-5-24)19(26)28-12-8-27-9-12/h2-3,10,12H,4-9H2,1H3,(H,21,23). The summed E-state index contributed by atoms with van der Waals surface area (Å²) >= 11 is 8.34. The maximum atomic E-state index is 12.3. The van der Waals surface area contributed by atoms with Gasteiger partial charge in [-0.1, -0.05) is 11.6 Å². The van der Waals surface area contributed by atoms with Crippen LogP contribution in [0.1, 0.15) is 5.01 Å². The molecule has 0 aromatic carbocycles. The van der Waals surface area contributed by atoms with E-state index in [2.05, 4.69) is 19.9 Å². The highest BCUT2D eigenvalue weighted by molar-refractivity contribution is 7.09.